The zero-order valence-electron chi connectivity index (χ0n) is 12.6. The van der Waals surface area contributed by atoms with Gasteiger partial charge >= 0.3 is 5.97 Å². The molecule has 1 rings (SSSR count). The van der Waals surface area contributed by atoms with Crippen molar-refractivity contribution < 1.29 is 19.7 Å². The van der Waals surface area contributed by atoms with Crippen molar-refractivity contribution in [3.05, 3.63) is 11.6 Å². The maximum Gasteiger partial charge on any atom is 0.329 e. The molecule has 5 nitrogen and oxygen atoms in total. The highest BCUT2D eigenvalue weighted by Gasteiger charge is 2.57. The molecule has 0 aliphatic carbocycles. The summed E-state index contributed by atoms with van der Waals surface area (Å²) in [5.74, 6) is 4.16. The number of carboxylic acids is 1. The smallest absolute Gasteiger partial charge is 0.329 e. The van der Waals surface area contributed by atoms with Crippen LogP contribution in [0.5, 0.6) is 0 Å². The van der Waals surface area contributed by atoms with E-state index in [1.54, 1.807) is 13.8 Å². The highest BCUT2D eigenvalue weighted by molar-refractivity contribution is 5.81. The lowest BCUT2D eigenvalue weighted by molar-refractivity contribution is -0.180. The molecule has 0 radical (unpaired) electrons. The Morgan fingerprint density at radius 2 is 2.14 bits per heavy atom. The molecule has 1 aliphatic heterocycles. The molecule has 114 valence electrons. The first-order valence-corrected chi connectivity index (χ1v) is 6.99. The number of nitrogens with zero attached hydrogens (tertiary/aromatic N) is 1. The molecule has 0 aromatic heterocycles. The van der Waals surface area contributed by atoms with Crippen LogP contribution in [-0.4, -0.2) is 35.0 Å². The number of hydrogen-bond acceptors (Lipinski definition) is 4. The molecule has 21 heavy (non-hydrogen) atoms. The maximum absolute atomic E-state index is 10.9. The highest BCUT2D eigenvalue weighted by Crippen LogP contribution is 2.42. The van der Waals surface area contributed by atoms with Gasteiger partial charge in [0, 0.05) is 11.6 Å². The topological polar surface area (TPSA) is 90.5 Å². The van der Waals surface area contributed by atoms with Crippen molar-refractivity contribution in [3.63, 3.8) is 0 Å². The molecule has 0 spiro atoms. The number of hydrogen-bond donors (Lipinski definition) is 2. The molecule has 1 heterocycles. The predicted octanol–water partition coefficient (Wildman–Crippen LogP) is 1.73. The molecule has 1 saturated heterocycles. The van der Waals surface area contributed by atoms with Crippen molar-refractivity contribution in [1.82, 2.24) is 0 Å². The Hall–Kier alpha value is -1.82. The summed E-state index contributed by atoms with van der Waals surface area (Å²) >= 11 is 0. The first kappa shape index (κ1) is 17.2. The van der Waals surface area contributed by atoms with Gasteiger partial charge in [-0.05, 0) is 12.3 Å². The van der Waals surface area contributed by atoms with Crippen LogP contribution in [0.2, 0.25) is 0 Å². The third-order valence-corrected chi connectivity index (χ3v) is 3.71. The lowest BCUT2D eigenvalue weighted by Crippen LogP contribution is -2.61. The van der Waals surface area contributed by atoms with E-state index in [-0.39, 0.29) is 19.1 Å². The maximum atomic E-state index is 10.9. The minimum absolute atomic E-state index is 0.138. The van der Waals surface area contributed by atoms with Gasteiger partial charge < -0.3 is 14.9 Å². The molecule has 0 amide bonds. The van der Waals surface area contributed by atoms with E-state index < -0.39 is 17.0 Å². The average molecular weight is 291 g/mol. The van der Waals surface area contributed by atoms with Gasteiger partial charge in [0.05, 0.1) is 19.3 Å². The molecular weight excluding hydrogens is 270 g/mol. The van der Waals surface area contributed by atoms with Gasteiger partial charge in [-0.25, -0.2) is 4.79 Å². The number of aliphatic carboxylic acids is 1. The van der Waals surface area contributed by atoms with Gasteiger partial charge in [-0.3, -0.25) is 0 Å². The first-order valence-electron chi connectivity index (χ1n) is 6.99. The van der Waals surface area contributed by atoms with Crippen molar-refractivity contribution in [3.8, 4) is 17.9 Å². The van der Waals surface area contributed by atoms with E-state index in [1.165, 1.54) is 0 Å². The Kier molecular flexibility index (Phi) is 5.54. The lowest BCUT2D eigenvalue weighted by Gasteiger charge is -2.47. The van der Waals surface area contributed by atoms with Crippen LogP contribution < -0.4 is 0 Å². The number of nitriles is 1. The molecular formula is C16H21NO4. The Morgan fingerprint density at radius 1 is 1.52 bits per heavy atom. The van der Waals surface area contributed by atoms with Crippen LogP contribution in [0.3, 0.4) is 0 Å². The van der Waals surface area contributed by atoms with Gasteiger partial charge in [0.25, 0.3) is 0 Å². The Morgan fingerprint density at radius 3 is 2.48 bits per heavy atom. The Bertz CT molecular complexity index is 529. The lowest BCUT2D eigenvalue weighted by atomic mass is 9.66. The molecule has 0 saturated carbocycles. The molecule has 5 heteroatoms. The van der Waals surface area contributed by atoms with Crippen LogP contribution in [0.4, 0.5) is 0 Å². The summed E-state index contributed by atoms with van der Waals surface area (Å²) in [6.07, 6.45) is 2.32. The van der Waals surface area contributed by atoms with E-state index in [1.807, 2.05) is 6.92 Å². The first-order chi connectivity index (χ1) is 9.81. The standard InChI is InChI=1S/C16H21NO4/c1-4-5-13(8-14(18)19)6-7-16(20,12(2)3)15(9-17)10-21-11-15/h8,12,20H,4-5,10-11H2,1-3H3,(H,18,19)/b13-8-/t16-/m0/s1. The molecule has 2 N–H and O–H groups in total. The van der Waals surface area contributed by atoms with E-state index in [0.29, 0.717) is 12.0 Å². The van der Waals surface area contributed by atoms with Gasteiger partial charge in [-0.2, -0.15) is 5.26 Å². The summed E-state index contributed by atoms with van der Waals surface area (Å²) in [5, 5.41) is 29.1. The fourth-order valence-electron chi connectivity index (χ4n) is 2.26. The summed E-state index contributed by atoms with van der Waals surface area (Å²) in [4.78, 5) is 10.8. The largest absolute Gasteiger partial charge is 0.478 e. The summed E-state index contributed by atoms with van der Waals surface area (Å²) in [5.41, 5.74) is -2.13. The number of aliphatic hydroxyl groups is 1. The molecule has 0 bridgehead atoms. The molecule has 0 aromatic carbocycles. The third-order valence-electron chi connectivity index (χ3n) is 3.71. The van der Waals surface area contributed by atoms with Crippen LogP contribution in [0, 0.1) is 34.5 Å². The van der Waals surface area contributed by atoms with Crippen molar-refractivity contribution in [2.75, 3.05) is 13.2 Å². The van der Waals surface area contributed by atoms with Crippen LogP contribution in [-0.2, 0) is 9.53 Å². The molecule has 0 aromatic rings. The minimum atomic E-state index is -1.52. The van der Waals surface area contributed by atoms with Crippen molar-refractivity contribution in [1.29, 1.82) is 5.26 Å². The number of carboxylic acid groups (broad SMARTS) is 1. The van der Waals surface area contributed by atoms with Crippen LogP contribution in [0.25, 0.3) is 0 Å². The number of ether oxygens (including phenoxy) is 1. The van der Waals surface area contributed by atoms with Gasteiger partial charge in [0.1, 0.15) is 5.41 Å². The second-order valence-electron chi connectivity index (χ2n) is 5.62. The summed E-state index contributed by atoms with van der Waals surface area (Å²) in [6, 6.07) is 2.12. The fraction of sp³-hybridized carbons (Fsp3) is 0.625. The van der Waals surface area contributed by atoms with Gasteiger partial charge in [-0.15, -0.1) is 0 Å². The van der Waals surface area contributed by atoms with E-state index >= 15 is 0 Å². The number of allylic oxidation sites excluding steroid dienone is 1. The number of carbonyl (C=O) groups is 1. The highest BCUT2D eigenvalue weighted by atomic mass is 16.5. The zero-order valence-corrected chi connectivity index (χ0v) is 12.6. The third kappa shape index (κ3) is 3.44. The molecule has 1 fully saturated rings. The van der Waals surface area contributed by atoms with E-state index in [2.05, 4.69) is 17.9 Å². The van der Waals surface area contributed by atoms with E-state index in [4.69, 9.17) is 9.84 Å². The minimum Gasteiger partial charge on any atom is -0.478 e. The molecule has 0 unspecified atom stereocenters. The Labute approximate surface area is 125 Å². The van der Waals surface area contributed by atoms with Crippen molar-refractivity contribution in [2.45, 2.75) is 39.2 Å². The normalized spacial score (nSPS) is 19.7. The second kappa shape index (κ2) is 6.76. The average Bonchev–Trinajstić information content (AvgIpc) is 2.34. The van der Waals surface area contributed by atoms with E-state index in [9.17, 15) is 15.2 Å². The number of rotatable bonds is 5. The fourth-order valence-corrected chi connectivity index (χ4v) is 2.26. The SMILES string of the molecule is CCC/C(C#C[C@](O)(C(C)C)C1(C#N)COC1)=C/C(=O)O. The molecule has 1 atom stereocenters. The van der Waals surface area contributed by atoms with Gasteiger partial charge in [0.2, 0.25) is 0 Å². The van der Waals surface area contributed by atoms with Gasteiger partial charge in [-0.1, -0.05) is 39.0 Å². The van der Waals surface area contributed by atoms with Gasteiger partial charge in [0.15, 0.2) is 5.60 Å². The molecule has 1 aliphatic rings. The summed E-state index contributed by atoms with van der Waals surface area (Å²) < 4.78 is 5.09. The summed E-state index contributed by atoms with van der Waals surface area (Å²) in [7, 11) is 0. The predicted molar refractivity (Wildman–Crippen MR) is 77.1 cm³/mol. The zero-order chi connectivity index (χ0) is 16.1. The van der Waals surface area contributed by atoms with Crippen LogP contribution in [0.15, 0.2) is 11.6 Å². The quantitative estimate of drug-likeness (QED) is 0.594. The Balaban J connectivity index is 3.18. The van der Waals surface area contributed by atoms with Crippen LogP contribution >= 0.6 is 0 Å². The van der Waals surface area contributed by atoms with Crippen LogP contribution in [0.1, 0.15) is 33.6 Å². The van der Waals surface area contributed by atoms with E-state index in [0.717, 1.165) is 12.5 Å². The van der Waals surface area contributed by atoms with Crippen molar-refractivity contribution in [2.24, 2.45) is 11.3 Å². The second-order valence-corrected chi connectivity index (χ2v) is 5.62. The summed E-state index contributed by atoms with van der Waals surface area (Å²) in [6.45, 7) is 5.76. The van der Waals surface area contributed by atoms with Crippen molar-refractivity contribution >= 4 is 5.97 Å². The monoisotopic (exact) mass is 291 g/mol.